The number of nitrogens with one attached hydrogen (secondary N) is 1. The highest BCUT2D eigenvalue weighted by Gasteiger charge is 2.36. The van der Waals surface area contributed by atoms with Crippen LogP contribution < -0.4 is 15.0 Å². The Balaban J connectivity index is 0.00000300. The smallest absolute Gasteiger partial charge is 0.310 e. The van der Waals surface area contributed by atoms with Crippen molar-refractivity contribution >= 4 is 47.5 Å². The van der Waals surface area contributed by atoms with E-state index >= 15 is 0 Å². The second-order valence-corrected chi connectivity index (χ2v) is 7.14. The molecule has 1 fully saturated rings. The number of benzene rings is 1. The first-order chi connectivity index (χ1) is 13.5. The molecule has 0 saturated carbocycles. The highest BCUT2D eigenvalue weighted by atomic mass is 127. The van der Waals surface area contributed by atoms with Crippen molar-refractivity contribution in [2.45, 2.75) is 13.3 Å². The molecule has 0 radical (unpaired) electrons. The third-order valence-corrected chi connectivity index (χ3v) is 5.28. The van der Waals surface area contributed by atoms with E-state index in [1.807, 2.05) is 24.3 Å². The fraction of sp³-hybridized carbons (Fsp3) is 0.550. The SMILES string of the molecule is CN=C(NCCCN1C(=O)COc2ccccc21)N1CC(C)C(C(=O)OC)C1.I. The molecule has 0 bridgehead atoms. The minimum Gasteiger partial charge on any atom is -0.482 e. The Morgan fingerprint density at radius 3 is 2.83 bits per heavy atom. The summed E-state index contributed by atoms with van der Waals surface area (Å²) < 4.78 is 10.4. The van der Waals surface area contributed by atoms with Gasteiger partial charge in [-0.05, 0) is 24.5 Å². The summed E-state index contributed by atoms with van der Waals surface area (Å²) in [4.78, 5) is 32.3. The Morgan fingerprint density at radius 1 is 1.34 bits per heavy atom. The lowest BCUT2D eigenvalue weighted by molar-refractivity contribution is -0.146. The van der Waals surface area contributed by atoms with E-state index in [-0.39, 0.29) is 54.3 Å². The average molecular weight is 516 g/mol. The van der Waals surface area contributed by atoms with Crippen LogP contribution in [0.5, 0.6) is 5.75 Å². The van der Waals surface area contributed by atoms with Gasteiger partial charge in [-0.25, -0.2) is 0 Å². The molecule has 1 aromatic carbocycles. The predicted octanol–water partition coefficient (Wildman–Crippen LogP) is 1.74. The maximum atomic E-state index is 12.2. The van der Waals surface area contributed by atoms with Crippen molar-refractivity contribution in [1.82, 2.24) is 10.2 Å². The van der Waals surface area contributed by atoms with Crippen LogP contribution in [-0.2, 0) is 14.3 Å². The zero-order chi connectivity index (χ0) is 20.1. The van der Waals surface area contributed by atoms with Gasteiger partial charge < -0.3 is 24.6 Å². The second kappa shape index (κ2) is 10.7. The van der Waals surface area contributed by atoms with Crippen LogP contribution in [0, 0.1) is 11.8 Å². The van der Waals surface area contributed by atoms with Crippen molar-refractivity contribution in [3.8, 4) is 5.75 Å². The number of ether oxygens (including phenoxy) is 2. The largest absolute Gasteiger partial charge is 0.482 e. The van der Waals surface area contributed by atoms with Gasteiger partial charge in [0.05, 0.1) is 18.7 Å². The first-order valence-electron chi connectivity index (χ1n) is 9.60. The molecule has 0 aliphatic carbocycles. The molecule has 8 nitrogen and oxygen atoms in total. The number of hydrogen-bond donors (Lipinski definition) is 1. The van der Waals surface area contributed by atoms with Gasteiger partial charge in [-0.1, -0.05) is 19.1 Å². The molecule has 2 aliphatic rings. The van der Waals surface area contributed by atoms with Crippen LogP contribution in [0.2, 0.25) is 0 Å². The molecule has 3 rings (SSSR count). The molecule has 160 valence electrons. The number of esters is 1. The summed E-state index contributed by atoms with van der Waals surface area (Å²) in [6, 6.07) is 7.58. The molecular formula is C20H29IN4O4. The molecule has 1 aromatic rings. The summed E-state index contributed by atoms with van der Waals surface area (Å²) in [6.07, 6.45) is 0.767. The van der Waals surface area contributed by atoms with Gasteiger partial charge in [-0.2, -0.15) is 0 Å². The van der Waals surface area contributed by atoms with Gasteiger partial charge in [0.15, 0.2) is 12.6 Å². The van der Waals surface area contributed by atoms with Gasteiger partial charge in [0.25, 0.3) is 5.91 Å². The van der Waals surface area contributed by atoms with E-state index in [1.165, 1.54) is 7.11 Å². The van der Waals surface area contributed by atoms with Crippen LogP contribution in [0.25, 0.3) is 0 Å². The zero-order valence-electron chi connectivity index (χ0n) is 17.1. The molecule has 2 heterocycles. The number of para-hydroxylation sites is 2. The van der Waals surface area contributed by atoms with Gasteiger partial charge in [0, 0.05) is 33.2 Å². The van der Waals surface area contributed by atoms with Crippen molar-refractivity contribution < 1.29 is 19.1 Å². The molecule has 0 aromatic heterocycles. The summed E-state index contributed by atoms with van der Waals surface area (Å²) in [5, 5.41) is 3.34. The minimum absolute atomic E-state index is 0. The van der Waals surface area contributed by atoms with Crippen molar-refractivity contribution in [3.05, 3.63) is 24.3 Å². The number of hydrogen-bond acceptors (Lipinski definition) is 5. The van der Waals surface area contributed by atoms with Gasteiger partial charge in [0.1, 0.15) is 5.75 Å². The molecule has 2 unspecified atom stereocenters. The van der Waals surface area contributed by atoms with E-state index in [0.717, 1.165) is 30.4 Å². The lowest BCUT2D eigenvalue weighted by atomic mass is 9.99. The zero-order valence-corrected chi connectivity index (χ0v) is 19.4. The second-order valence-electron chi connectivity index (χ2n) is 7.14. The maximum Gasteiger partial charge on any atom is 0.310 e. The lowest BCUT2D eigenvalue weighted by Crippen LogP contribution is -2.43. The Hall–Kier alpha value is -2.04. The van der Waals surface area contributed by atoms with E-state index in [2.05, 4.69) is 22.1 Å². The number of carbonyl (C=O) groups excluding carboxylic acids is 2. The molecule has 1 N–H and O–H groups in total. The monoisotopic (exact) mass is 516 g/mol. The highest BCUT2D eigenvalue weighted by Crippen LogP contribution is 2.31. The summed E-state index contributed by atoms with van der Waals surface area (Å²) in [5.41, 5.74) is 0.817. The van der Waals surface area contributed by atoms with Gasteiger partial charge in [0.2, 0.25) is 0 Å². The number of likely N-dealkylation sites (tertiary alicyclic amines) is 1. The van der Waals surface area contributed by atoms with Gasteiger partial charge >= 0.3 is 5.97 Å². The molecule has 1 saturated heterocycles. The number of rotatable bonds is 5. The fourth-order valence-corrected chi connectivity index (χ4v) is 3.77. The Labute approximate surface area is 188 Å². The van der Waals surface area contributed by atoms with Crippen LogP contribution in [0.1, 0.15) is 13.3 Å². The summed E-state index contributed by atoms with van der Waals surface area (Å²) in [6.45, 7) is 4.76. The van der Waals surface area contributed by atoms with Crippen LogP contribution in [-0.4, -0.2) is 69.7 Å². The predicted molar refractivity (Wildman–Crippen MR) is 122 cm³/mol. The number of amides is 1. The van der Waals surface area contributed by atoms with Crippen LogP contribution >= 0.6 is 24.0 Å². The third kappa shape index (κ3) is 5.31. The van der Waals surface area contributed by atoms with E-state index < -0.39 is 0 Å². The summed E-state index contributed by atoms with van der Waals surface area (Å²) in [5.74, 6) is 1.39. The molecule has 0 spiro atoms. The van der Waals surface area contributed by atoms with E-state index in [9.17, 15) is 9.59 Å². The van der Waals surface area contributed by atoms with Crippen molar-refractivity contribution in [2.24, 2.45) is 16.8 Å². The summed E-state index contributed by atoms with van der Waals surface area (Å²) in [7, 11) is 3.16. The number of halogens is 1. The van der Waals surface area contributed by atoms with Gasteiger partial charge in [-0.15, -0.1) is 24.0 Å². The maximum absolute atomic E-state index is 12.2. The Morgan fingerprint density at radius 2 is 2.10 bits per heavy atom. The number of aliphatic imine (C=N–C) groups is 1. The Bertz CT molecular complexity index is 758. The number of guanidine groups is 1. The normalized spacial score (nSPS) is 21.2. The first kappa shape index (κ1) is 23.2. The van der Waals surface area contributed by atoms with Crippen LogP contribution in [0.3, 0.4) is 0 Å². The van der Waals surface area contributed by atoms with E-state index in [4.69, 9.17) is 9.47 Å². The standard InChI is InChI=1S/C20H28N4O4.HI/c1-14-11-23(12-15(14)19(26)27-3)20(21-2)22-9-6-10-24-16-7-4-5-8-17(16)28-13-18(24)25;/h4-5,7-8,14-15H,6,9-13H2,1-3H3,(H,21,22);1H. The summed E-state index contributed by atoms with van der Waals surface area (Å²) >= 11 is 0. The quantitative estimate of drug-likeness (QED) is 0.211. The van der Waals surface area contributed by atoms with E-state index in [1.54, 1.807) is 11.9 Å². The van der Waals surface area contributed by atoms with Crippen molar-refractivity contribution in [3.63, 3.8) is 0 Å². The average Bonchev–Trinajstić information content (AvgIpc) is 3.10. The number of fused-ring (bicyclic) bond motifs is 1. The number of nitrogens with zero attached hydrogens (tertiary/aromatic N) is 3. The molecule has 29 heavy (non-hydrogen) atoms. The van der Waals surface area contributed by atoms with E-state index in [0.29, 0.717) is 19.6 Å². The Kier molecular flexibility index (Phi) is 8.54. The van der Waals surface area contributed by atoms with Crippen molar-refractivity contribution in [2.75, 3.05) is 51.8 Å². The molecule has 1 amide bonds. The van der Waals surface area contributed by atoms with Crippen LogP contribution in [0.15, 0.2) is 29.3 Å². The topological polar surface area (TPSA) is 83.5 Å². The third-order valence-electron chi connectivity index (χ3n) is 5.28. The minimum atomic E-state index is -0.171. The fourth-order valence-electron chi connectivity index (χ4n) is 3.77. The number of anilines is 1. The lowest BCUT2D eigenvalue weighted by Gasteiger charge is -2.29. The van der Waals surface area contributed by atoms with Gasteiger partial charge in [-0.3, -0.25) is 14.6 Å². The first-order valence-corrected chi connectivity index (χ1v) is 9.60. The number of methoxy groups -OCH3 is 1. The molecular weight excluding hydrogens is 487 g/mol. The molecule has 9 heteroatoms. The molecule has 2 atom stereocenters. The molecule has 2 aliphatic heterocycles. The van der Waals surface area contributed by atoms with Crippen LogP contribution in [0.4, 0.5) is 5.69 Å². The van der Waals surface area contributed by atoms with Crippen molar-refractivity contribution in [1.29, 1.82) is 0 Å². The highest BCUT2D eigenvalue weighted by molar-refractivity contribution is 14.0. The number of carbonyl (C=O) groups is 2.